The zero-order chi connectivity index (χ0) is 12.8. The molecule has 0 aliphatic heterocycles. The summed E-state index contributed by atoms with van der Waals surface area (Å²) in [6, 6.07) is 1.47. The molecule has 1 heterocycles. The van der Waals surface area contributed by atoms with Crippen molar-refractivity contribution in [1.82, 2.24) is 0 Å². The molecule has 0 radical (unpaired) electrons. The Balaban J connectivity index is 2.51. The number of hydrogen-bond donors (Lipinski definition) is 2. The normalized spacial score (nSPS) is 12.1. The first kappa shape index (κ1) is 13.7. The maximum Gasteiger partial charge on any atom is 0.338 e. The van der Waals surface area contributed by atoms with Crippen molar-refractivity contribution in [2.24, 2.45) is 0 Å². The van der Waals surface area contributed by atoms with Crippen LogP contribution in [0.5, 0.6) is 0 Å². The molecule has 94 valence electrons. The zero-order valence-electron chi connectivity index (χ0n) is 9.73. The molecule has 6 heteroatoms. The fraction of sp³-hybridized carbons (Fsp3) is 0.455. The summed E-state index contributed by atoms with van der Waals surface area (Å²) in [5.41, 5.74) is 0.128. The van der Waals surface area contributed by atoms with Crippen LogP contribution in [0.1, 0.15) is 30.1 Å². The smallest absolute Gasteiger partial charge is 0.338 e. The lowest BCUT2D eigenvalue weighted by Gasteiger charge is -2.08. The molecular formula is C11H15NO4S. The molecule has 0 aromatic carbocycles. The molecule has 1 aromatic heterocycles. The monoisotopic (exact) mass is 257 g/mol. The summed E-state index contributed by atoms with van der Waals surface area (Å²) in [7, 11) is 1.59. The van der Waals surface area contributed by atoms with E-state index in [1.165, 1.54) is 17.4 Å². The molecule has 1 unspecified atom stereocenters. The van der Waals surface area contributed by atoms with Crippen LogP contribution in [0.25, 0.3) is 0 Å². The number of hydrogen-bond acceptors (Lipinski definition) is 4. The highest BCUT2D eigenvalue weighted by Crippen LogP contribution is 2.23. The largest absolute Gasteiger partial charge is 0.478 e. The van der Waals surface area contributed by atoms with E-state index in [1.54, 1.807) is 12.5 Å². The highest BCUT2D eigenvalue weighted by molar-refractivity contribution is 7.14. The Bertz CT molecular complexity index is 402. The van der Waals surface area contributed by atoms with E-state index in [2.05, 4.69) is 5.32 Å². The van der Waals surface area contributed by atoms with Gasteiger partial charge in [0.15, 0.2) is 0 Å². The number of carboxylic acid groups (broad SMARTS) is 1. The van der Waals surface area contributed by atoms with Gasteiger partial charge in [-0.2, -0.15) is 0 Å². The molecular weight excluding hydrogens is 242 g/mol. The Hall–Kier alpha value is -1.40. The first-order chi connectivity index (χ1) is 8.04. The second-order valence-corrected chi connectivity index (χ2v) is 4.52. The molecule has 1 rings (SSSR count). The van der Waals surface area contributed by atoms with Crippen LogP contribution in [0.15, 0.2) is 11.4 Å². The van der Waals surface area contributed by atoms with Gasteiger partial charge >= 0.3 is 5.97 Å². The van der Waals surface area contributed by atoms with Crippen molar-refractivity contribution < 1.29 is 19.4 Å². The molecule has 0 spiro atoms. The van der Waals surface area contributed by atoms with Gasteiger partial charge in [0.05, 0.1) is 11.7 Å². The average Bonchev–Trinajstić information content (AvgIpc) is 2.74. The number of rotatable bonds is 6. The Morgan fingerprint density at radius 1 is 1.59 bits per heavy atom. The third-order valence-corrected chi connectivity index (χ3v) is 3.16. The molecule has 2 N–H and O–H groups in total. The van der Waals surface area contributed by atoms with Gasteiger partial charge in [-0.05, 0) is 24.8 Å². The molecule has 0 bridgehead atoms. The van der Waals surface area contributed by atoms with Crippen molar-refractivity contribution >= 4 is 28.2 Å². The minimum atomic E-state index is -1.04. The van der Waals surface area contributed by atoms with Crippen LogP contribution in [0.4, 0.5) is 5.00 Å². The predicted molar refractivity (Wildman–Crippen MR) is 65.6 cm³/mol. The minimum absolute atomic E-state index is 0.0167. The number of methoxy groups -OCH3 is 1. The number of carbonyl (C=O) groups is 2. The molecule has 0 aliphatic rings. The van der Waals surface area contributed by atoms with Crippen LogP contribution >= 0.6 is 11.3 Å². The van der Waals surface area contributed by atoms with Gasteiger partial charge in [-0.1, -0.05) is 0 Å². The predicted octanol–water partition coefficient (Wildman–Crippen LogP) is 2.20. The van der Waals surface area contributed by atoms with Crippen LogP contribution in [0.3, 0.4) is 0 Å². The average molecular weight is 257 g/mol. The zero-order valence-corrected chi connectivity index (χ0v) is 10.5. The van der Waals surface area contributed by atoms with Gasteiger partial charge in [0, 0.05) is 13.5 Å². The topological polar surface area (TPSA) is 75.6 Å². The minimum Gasteiger partial charge on any atom is -0.478 e. The molecule has 1 aromatic rings. The van der Waals surface area contributed by atoms with E-state index in [1.807, 2.05) is 6.92 Å². The summed E-state index contributed by atoms with van der Waals surface area (Å²) in [6.45, 7) is 1.88. The van der Waals surface area contributed by atoms with Crippen molar-refractivity contribution in [2.75, 3.05) is 12.4 Å². The third-order valence-electron chi connectivity index (χ3n) is 2.33. The van der Waals surface area contributed by atoms with E-state index in [4.69, 9.17) is 9.84 Å². The standard InChI is InChI=1S/C11H15NO4S/c1-7(16-2)3-4-9(13)12-10-8(11(14)15)5-6-17-10/h5-7H,3-4H2,1-2H3,(H,12,13)(H,14,15). The van der Waals surface area contributed by atoms with Gasteiger partial charge in [-0.15, -0.1) is 11.3 Å². The summed E-state index contributed by atoms with van der Waals surface area (Å²) in [4.78, 5) is 22.4. The number of nitrogens with one attached hydrogen (secondary N) is 1. The molecule has 1 amide bonds. The molecule has 0 saturated heterocycles. The molecule has 0 saturated carbocycles. The van der Waals surface area contributed by atoms with Gasteiger partial charge < -0.3 is 15.2 Å². The Kier molecular flexibility index (Phi) is 5.11. The van der Waals surface area contributed by atoms with Gasteiger partial charge in [-0.25, -0.2) is 4.79 Å². The quantitative estimate of drug-likeness (QED) is 0.819. The number of carboxylic acids is 1. The first-order valence-corrected chi connectivity index (χ1v) is 6.06. The second-order valence-electron chi connectivity index (χ2n) is 3.60. The summed E-state index contributed by atoms with van der Waals surface area (Å²) in [5.74, 6) is -1.23. The summed E-state index contributed by atoms with van der Waals surface area (Å²) < 4.78 is 5.03. The summed E-state index contributed by atoms with van der Waals surface area (Å²) >= 11 is 1.20. The van der Waals surface area contributed by atoms with Gasteiger partial charge in [-0.3, -0.25) is 4.79 Å². The molecule has 5 nitrogen and oxygen atoms in total. The van der Waals surface area contributed by atoms with Crippen molar-refractivity contribution in [1.29, 1.82) is 0 Å². The van der Waals surface area contributed by atoms with E-state index in [0.717, 1.165) is 0 Å². The van der Waals surface area contributed by atoms with Crippen molar-refractivity contribution in [3.63, 3.8) is 0 Å². The van der Waals surface area contributed by atoms with Gasteiger partial charge in [0.1, 0.15) is 5.00 Å². The van der Waals surface area contributed by atoms with E-state index in [-0.39, 0.29) is 17.6 Å². The highest BCUT2D eigenvalue weighted by atomic mass is 32.1. The number of thiophene rings is 1. The lowest BCUT2D eigenvalue weighted by Crippen LogP contribution is -2.15. The Labute approximate surface area is 103 Å². The Morgan fingerprint density at radius 3 is 2.88 bits per heavy atom. The number of aromatic carboxylic acids is 1. The van der Waals surface area contributed by atoms with Crippen molar-refractivity contribution in [3.05, 3.63) is 17.0 Å². The van der Waals surface area contributed by atoms with Crippen molar-refractivity contribution in [2.45, 2.75) is 25.9 Å². The van der Waals surface area contributed by atoms with Crippen LogP contribution < -0.4 is 5.32 Å². The van der Waals surface area contributed by atoms with Crippen molar-refractivity contribution in [3.8, 4) is 0 Å². The Morgan fingerprint density at radius 2 is 2.29 bits per heavy atom. The van der Waals surface area contributed by atoms with Crippen LogP contribution in [-0.4, -0.2) is 30.2 Å². The van der Waals surface area contributed by atoms with E-state index >= 15 is 0 Å². The molecule has 1 atom stereocenters. The van der Waals surface area contributed by atoms with Gasteiger partial charge in [0.2, 0.25) is 5.91 Å². The van der Waals surface area contributed by atoms with Gasteiger partial charge in [0.25, 0.3) is 0 Å². The fourth-order valence-electron chi connectivity index (χ4n) is 1.22. The first-order valence-electron chi connectivity index (χ1n) is 5.18. The SMILES string of the molecule is COC(C)CCC(=O)Nc1sccc1C(=O)O. The lowest BCUT2D eigenvalue weighted by molar-refractivity contribution is -0.116. The number of ether oxygens (including phenoxy) is 1. The maximum absolute atomic E-state index is 11.6. The van der Waals surface area contributed by atoms with Crippen LogP contribution in [0.2, 0.25) is 0 Å². The fourth-order valence-corrected chi connectivity index (χ4v) is 2.01. The van der Waals surface area contributed by atoms with E-state index in [9.17, 15) is 9.59 Å². The number of amides is 1. The summed E-state index contributed by atoms with van der Waals surface area (Å²) in [6.07, 6.45) is 0.935. The molecule has 17 heavy (non-hydrogen) atoms. The number of carbonyl (C=O) groups excluding carboxylic acids is 1. The third kappa shape index (κ3) is 4.16. The molecule has 0 fully saturated rings. The van der Waals surface area contributed by atoms with E-state index < -0.39 is 5.97 Å². The maximum atomic E-state index is 11.6. The van der Waals surface area contributed by atoms with E-state index in [0.29, 0.717) is 17.8 Å². The number of anilines is 1. The lowest BCUT2D eigenvalue weighted by atomic mass is 10.2. The van der Waals surface area contributed by atoms with Crippen LogP contribution in [0, 0.1) is 0 Å². The molecule has 0 aliphatic carbocycles. The summed E-state index contributed by atoms with van der Waals surface area (Å²) in [5, 5.41) is 13.5. The highest BCUT2D eigenvalue weighted by Gasteiger charge is 2.14. The second kappa shape index (κ2) is 6.36. The van der Waals surface area contributed by atoms with Crippen LogP contribution in [-0.2, 0) is 9.53 Å².